The highest BCUT2D eigenvalue weighted by molar-refractivity contribution is 5.81. The Balaban J connectivity index is 2.22. The molecule has 0 spiro atoms. The van der Waals surface area contributed by atoms with E-state index in [-0.39, 0.29) is 24.0 Å². The van der Waals surface area contributed by atoms with E-state index < -0.39 is 0 Å². The fraction of sp³-hybridized carbons (Fsp3) is 0.909. The molecule has 1 fully saturated rings. The summed E-state index contributed by atoms with van der Waals surface area (Å²) in [6.07, 6.45) is 4.85. The molecule has 82 valence electrons. The summed E-state index contributed by atoms with van der Waals surface area (Å²) in [4.78, 5) is 11.5. The lowest BCUT2D eigenvalue weighted by Crippen LogP contribution is -2.34. The minimum atomic E-state index is -0.0152. The maximum absolute atomic E-state index is 11.5. The highest BCUT2D eigenvalue weighted by Gasteiger charge is 2.36. The standard InChI is InChI=1S/C11H21NO2/c1-11(2)8-9(10(14)12-11)6-4-3-5-7-13/h9,13H,3-8H2,1-2H3,(H,12,14). The second kappa shape index (κ2) is 4.78. The summed E-state index contributed by atoms with van der Waals surface area (Å²) in [5.41, 5.74) is -0.0152. The Hall–Kier alpha value is -0.570. The molecule has 0 saturated carbocycles. The molecule has 0 aromatic rings. The van der Waals surface area contributed by atoms with Gasteiger partial charge in [0.05, 0.1) is 0 Å². The van der Waals surface area contributed by atoms with E-state index in [1.54, 1.807) is 0 Å². The normalized spacial score (nSPS) is 25.1. The van der Waals surface area contributed by atoms with Gasteiger partial charge < -0.3 is 10.4 Å². The van der Waals surface area contributed by atoms with Gasteiger partial charge in [-0.3, -0.25) is 4.79 Å². The monoisotopic (exact) mass is 199 g/mol. The maximum atomic E-state index is 11.5. The molecular formula is C11H21NO2. The fourth-order valence-corrected chi connectivity index (χ4v) is 2.11. The number of nitrogens with one attached hydrogen (secondary N) is 1. The zero-order valence-electron chi connectivity index (χ0n) is 9.18. The molecule has 2 N–H and O–H groups in total. The van der Waals surface area contributed by atoms with E-state index in [2.05, 4.69) is 19.2 Å². The van der Waals surface area contributed by atoms with Gasteiger partial charge >= 0.3 is 0 Å². The summed E-state index contributed by atoms with van der Waals surface area (Å²) in [6, 6.07) is 0. The molecule has 0 aromatic carbocycles. The molecule has 1 aliphatic rings. The van der Waals surface area contributed by atoms with E-state index in [4.69, 9.17) is 5.11 Å². The first kappa shape index (κ1) is 11.5. The van der Waals surface area contributed by atoms with Gasteiger partial charge in [-0.1, -0.05) is 12.8 Å². The van der Waals surface area contributed by atoms with Crippen LogP contribution in [0.3, 0.4) is 0 Å². The van der Waals surface area contributed by atoms with Crippen LogP contribution in [0.5, 0.6) is 0 Å². The molecule has 3 nitrogen and oxygen atoms in total. The molecule has 0 aliphatic carbocycles. The van der Waals surface area contributed by atoms with E-state index >= 15 is 0 Å². The summed E-state index contributed by atoms with van der Waals surface area (Å²) in [6.45, 7) is 4.40. The van der Waals surface area contributed by atoms with Crippen molar-refractivity contribution in [3.63, 3.8) is 0 Å². The van der Waals surface area contributed by atoms with Gasteiger partial charge in [0.2, 0.25) is 5.91 Å². The van der Waals surface area contributed by atoms with Crippen LogP contribution in [0.1, 0.15) is 46.0 Å². The van der Waals surface area contributed by atoms with Gasteiger partial charge in [0.15, 0.2) is 0 Å². The minimum absolute atomic E-state index is 0.0152. The van der Waals surface area contributed by atoms with Crippen molar-refractivity contribution in [1.82, 2.24) is 5.32 Å². The highest BCUT2D eigenvalue weighted by atomic mass is 16.2. The van der Waals surface area contributed by atoms with Crippen LogP contribution >= 0.6 is 0 Å². The van der Waals surface area contributed by atoms with Crippen LogP contribution in [0.4, 0.5) is 0 Å². The van der Waals surface area contributed by atoms with Crippen molar-refractivity contribution in [3.05, 3.63) is 0 Å². The molecule has 1 heterocycles. The third-order valence-corrected chi connectivity index (χ3v) is 2.80. The Morgan fingerprint density at radius 1 is 1.43 bits per heavy atom. The van der Waals surface area contributed by atoms with Gasteiger partial charge in [-0.2, -0.15) is 0 Å². The van der Waals surface area contributed by atoms with Crippen molar-refractivity contribution in [2.45, 2.75) is 51.5 Å². The third kappa shape index (κ3) is 3.29. The number of aliphatic hydroxyl groups excluding tert-OH is 1. The lowest BCUT2D eigenvalue weighted by atomic mass is 9.92. The summed E-state index contributed by atoms with van der Waals surface area (Å²) in [7, 11) is 0. The molecule has 0 aromatic heterocycles. The molecule has 1 amide bonds. The van der Waals surface area contributed by atoms with Crippen LogP contribution in [0.15, 0.2) is 0 Å². The maximum Gasteiger partial charge on any atom is 0.223 e. The van der Waals surface area contributed by atoms with Crippen molar-refractivity contribution < 1.29 is 9.90 Å². The Kier molecular flexibility index (Phi) is 3.93. The molecule has 1 saturated heterocycles. The van der Waals surface area contributed by atoms with Crippen LogP contribution in [0.25, 0.3) is 0 Å². The minimum Gasteiger partial charge on any atom is -0.396 e. The first-order chi connectivity index (χ1) is 6.55. The van der Waals surface area contributed by atoms with Gasteiger partial charge in [-0.05, 0) is 33.1 Å². The molecule has 0 bridgehead atoms. The second-order valence-corrected chi connectivity index (χ2v) is 4.85. The van der Waals surface area contributed by atoms with Gasteiger partial charge in [0, 0.05) is 18.1 Å². The van der Waals surface area contributed by atoms with Crippen LogP contribution in [0, 0.1) is 5.92 Å². The van der Waals surface area contributed by atoms with E-state index in [1.807, 2.05) is 0 Å². The predicted octanol–water partition coefficient (Wildman–Crippen LogP) is 1.45. The zero-order chi connectivity index (χ0) is 10.6. The number of carbonyl (C=O) groups is 1. The van der Waals surface area contributed by atoms with Crippen molar-refractivity contribution in [1.29, 1.82) is 0 Å². The molecule has 0 radical (unpaired) electrons. The average molecular weight is 199 g/mol. The van der Waals surface area contributed by atoms with Crippen LogP contribution in [-0.2, 0) is 4.79 Å². The van der Waals surface area contributed by atoms with Gasteiger partial charge in [0.25, 0.3) is 0 Å². The topological polar surface area (TPSA) is 49.3 Å². The van der Waals surface area contributed by atoms with Crippen molar-refractivity contribution in [3.8, 4) is 0 Å². The third-order valence-electron chi connectivity index (χ3n) is 2.80. The number of aliphatic hydroxyl groups is 1. The summed E-state index contributed by atoms with van der Waals surface area (Å²) < 4.78 is 0. The molecule has 14 heavy (non-hydrogen) atoms. The van der Waals surface area contributed by atoms with Crippen LogP contribution in [0.2, 0.25) is 0 Å². The first-order valence-corrected chi connectivity index (χ1v) is 5.48. The van der Waals surface area contributed by atoms with Crippen molar-refractivity contribution >= 4 is 5.91 Å². The predicted molar refractivity (Wildman–Crippen MR) is 55.9 cm³/mol. The van der Waals surface area contributed by atoms with Gasteiger partial charge in [-0.25, -0.2) is 0 Å². The largest absolute Gasteiger partial charge is 0.396 e. The average Bonchev–Trinajstić information content (AvgIpc) is 2.34. The number of hydrogen-bond donors (Lipinski definition) is 2. The van der Waals surface area contributed by atoms with Crippen molar-refractivity contribution in [2.24, 2.45) is 5.92 Å². The van der Waals surface area contributed by atoms with Gasteiger partial charge in [-0.15, -0.1) is 0 Å². The van der Waals surface area contributed by atoms with E-state index in [0.29, 0.717) is 0 Å². The quantitative estimate of drug-likeness (QED) is 0.658. The summed E-state index contributed by atoms with van der Waals surface area (Å²) in [5.74, 6) is 0.405. The Morgan fingerprint density at radius 3 is 2.64 bits per heavy atom. The number of unbranched alkanes of at least 4 members (excludes halogenated alkanes) is 2. The summed E-state index contributed by atoms with van der Waals surface area (Å²) in [5, 5.41) is 11.6. The second-order valence-electron chi connectivity index (χ2n) is 4.85. The molecule has 1 aliphatic heterocycles. The molecular weight excluding hydrogens is 178 g/mol. The van der Waals surface area contributed by atoms with Crippen molar-refractivity contribution in [2.75, 3.05) is 6.61 Å². The van der Waals surface area contributed by atoms with Gasteiger partial charge in [0.1, 0.15) is 0 Å². The molecule has 1 rings (SSSR count). The zero-order valence-corrected chi connectivity index (χ0v) is 9.18. The Morgan fingerprint density at radius 2 is 2.14 bits per heavy atom. The first-order valence-electron chi connectivity index (χ1n) is 5.48. The number of amides is 1. The molecule has 1 atom stereocenters. The lowest BCUT2D eigenvalue weighted by molar-refractivity contribution is -0.123. The summed E-state index contributed by atoms with van der Waals surface area (Å²) >= 11 is 0. The molecule has 3 heteroatoms. The number of hydrogen-bond acceptors (Lipinski definition) is 2. The lowest BCUT2D eigenvalue weighted by Gasteiger charge is -2.16. The Labute approximate surface area is 85.9 Å². The number of carbonyl (C=O) groups excluding carboxylic acids is 1. The SMILES string of the molecule is CC1(C)CC(CCCCCO)C(=O)N1. The Bertz CT molecular complexity index is 201. The van der Waals surface area contributed by atoms with E-state index in [9.17, 15) is 4.79 Å². The smallest absolute Gasteiger partial charge is 0.223 e. The fourth-order valence-electron chi connectivity index (χ4n) is 2.11. The van der Waals surface area contributed by atoms with Crippen LogP contribution < -0.4 is 5.32 Å². The van der Waals surface area contributed by atoms with E-state index in [1.165, 1.54) is 0 Å². The van der Waals surface area contributed by atoms with E-state index in [0.717, 1.165) is 32.1 Å². The van der Waals surface area contributed by atoms with Crippen LogP contribution in [-0.4, -0.2) is 23.2 Å². The highest BCUT2D eigenvalue weighted by Crippen LogP contribution is 2.28. The number of rotatable bonds is 5. The molecule has 1 unspecified atom stereocenters.